The van der Waals surface area contributed by atoms with Crippen molar-refractivity contribution in [1.82, 2.24) is 5.32 Å². The summed E-state index contributed by atoms with van der Waals surface area (Å²) in [5.41, 5.74) is 0. The van der Waals surface area contributed by atoms with E-state index in [0.717, 1.165) is 38.6 Å². The second kappa shape index (κ2) is 6.28. The zero-order valence-corrected chi connectivity index (χ0v) is 12.3. The molecule has 0 aromatic rings. The lowest BCUT2D eigenvalue weighted by Gasteiger charge is -2.33. The lowest BCUT2D eigenvalue weighted by molar-refractivity contribution is -0.245. The molecule has 1 saturated carbocycles. The van der Waals surface area contributed by atoms with Crippen molar-refractivity contribution >= 4 is 0 Å². The molecule has 0 aromatic heterocycles. The van der Waals surface area contributed by atoms with Crippen molar-refractivity contribution in [3.63, 3.8) is 0 Å². The molecule has 2 aliphatic heterocycles. The van der Waals surface area contributed by atoms with Gasteiger partial charge in [0.2, 0.25) is 0 Å². The molecule has 20 heavy (non-hydrogen) atoms. The predicted octanol–water partition coefficient (Wildman–Crippen LogP) is 1.54. The number of nitrogens with one attached hydrogen (secondary N) is 1. The van der Waals surface area contributed by atoms with Crippen LogP contribution in [0.2, 0.25) is 0 Å². The number of fused-ring (bicyclic) bond motifs is 1. The molecule has 4 atom stereocenters. The summed E-state index contributed by atoms with van der Waals surface area (Å²) in [6.07, 6.45) is 6.18. The Balaban J connectivity index is 1.50. The first-order valence-electron chi connectivity index (χ1n) is 8.14. The minimum absolute atomic E-state index is 0.220. The van der Waals surface area contributed by atoms with E-state index in [-0.39, 0.29) is 18.5 Å². The summed E-state index contributed by atoms with van der Waals surface area (Å²) in [6.45, 7) is 3.79. The highest BCUT2D eigenvalue weighted by Gasteiger charge is 2.57. The van der Waals surface area contributed by atoms with E-state index in [1.807, 2.05) is 0 Å². The van der Waals surface area contributed by atoms with Gasteiger partial charge in [0.15, 0.2) is 12.1 Å². The number of unbranched alkanes of at least 4 members (excludes halogenated alkanes) is 1. The molecule has 5 nitrogen and oxygen atoms in total. The summed E-state index contributed by atoms with van der Waals surface area (Å²) < 4.78 is 17.9. The Morgan fingerprint density at radius 2 is 2.00 bits per heavy atom. The Kier molecular flexibility index (Phi) is 4.62. The lowest BCUT2D eigenvalue weighted by Crippen LogP contribution is -2.42. The van der Waals surface area contributed by atoms with Crippen LogP contribution in [0.4, 0.5) is 0 Å². The van der Waals surface area contributed by atoms with E-state index in [2.05, 4.69) is 12.2 Å². The zero-order chi connectivity index (χ0) is 14.0. The van der Waals surface area contributed by atoms with Crippen molar-refractivity contribution in [1.29, 1.82) is 0 Å². The molecule has 3 rings (SSSR count). The fourth-order valence-electron chi connectivity index (χ4n) is 3.45. The second-order valence-electron chi connectivity index (χ2n) is 6.26. The molecule has 5 heteroatoms. The van der Waals surface area contributed by atoms with Crippen molar-refractivity contribution in [2.45, 2.75) is 82.3 Å². The summed E-state index contributed by atoms with van der Waals surface area (Å²) >= 11 is 0. The van der Waals surface area contributed by atoms with Gasteiger partial charge in [-0.05, 0) is 25.8 Å². The molecular weight excluding hydrogens is 258 g/mol. The maximum absolute atomic E-state index is 10.4. The third-order valence-corrected chi connectivity index (χ3v) is 4.64. The number of aliphatic hydroxyl groups is 1. The Hall–Kier alpha value is -0.200. The number of aliphatic hydroxyl groups excluding tert-OH is 1. The van der Waals surface area contributed by atoms with Gasteiger partial charge in [0.05, 0.1) is 0 Å². The lowest BCUT2D eigenvalue weighted by atomic mass is 9.94. The molecule has 116 valence electrons. The number of rotatable bonds is 5. The number of ether oxygens (including phenoxy) is 3. The maximum atomic E-state index is 10.4. The third kappa shape index (κ3) is 2.88. The molecular formula is C15H27NO4. The van der Waals surface area contributed by atoms with Crippen LogP contribution in [0.1, 0.15) is 51.9 Å². The van der Waals surface area contributed by atoms with Gasteiger partial charge in [-0.15, -0.1) is 0 Å². The first kappa shape index (κ1) is 14.7. The van der Waals surface area contributed by atoms with Crippen molar-refractivity contribution in [2.24, 2.45) is 0 Å². The van der Waals surface area contributed by atoms with E-state index in [0.29, 0.717) is 6.54 Å². The van der Waals surface area contributed by atoms with Gasteiger partial charge in [0.25, 0.3) is 0 Å². The van der Waals surface area contributed by atoms with Crippen LogP contribution in [0.25, 0.3) is 0 Å². The van der Waals surface area contributed by atoms with Crippen LogP contribution in [0.15, 0.2) is 0 Å². The van der Waals surface area contributed by atoms with Gasteiger partial charge in [-0.25, -0.2) is 0 Å². The summed E-state index contributed by atoms with van der Waals surface area (Å²) in [4.78, 5) is 0. The van der Waals surface area contributed by atoms with E-state index in [1.54, 1.807) is 0 Å². The van der Waals surface area contributed by atoms with E-state index in [9.17, 15) is 5.11 Å². The standard InChI is InChI=1S/C15H27NO4/c1-2-3-9-16-10-11-12(17)13-14(18-11)20-15(19-13)7-5-4-6-8-15/h11-14,16-17H,2-10H2,1H3/t11-,12+,13-,14-/m1/s1. The Morgan fingerprint density at radius 3 is 2.70 bits per heavy atom. The van der Waals surface area contributed by atoms with Crippen LogP contribution in [-0.2, 0) is 14.2 Å². The van der Waals surface area contributed by atoms with E-state index >= 15 is 0 Å². The summed E-state index contributed by atoms with van der Waals surface area (Å²) in [6, 6.07) is 0. The normalized spacial score (nSPS) is 39.3. The van der Waals surface area contributed by atoms with Gasteiger partial charge in [-0.1, -0.05) is 19.8 Å². The van der Waals surface area contributed by atoms with E-state index < -0.39 is 11.9 Å². The zero-order valence-electron chi connectivity index (χ0n) is 12.3. The first-order chi connectivity index (χ1) is 9.74. The SMILES string of the molecule is CCCCNC[C@H]1O[C@@H]2OC3(CCCCC3)O[C@@H]2[C@H]1O. The fourth-order valence-corrected chi connectivity index (χ4v) is 3.45. The summed E-state index contributed by atoms with van der Waals surface area (Å²) in [5.74, 6) is -0.477. The number of hydrogen-bond donors (Lipinski definition) is 2. The van der Waals surface area contributed by atoms with E-state index in [1.165, 1.54) is 12.8 Å². The van der Waals surface area contributed by atoms with Crippen LogP contribution >= 0.6 is 0 Å². The molecule has 0 radical (unpaired) electrons. The van der Waals surface area contributed by atoms with Gasteiger partial charge in [-0.3, -0.25) is 0 Å². The molecule has 0 amide bonds. The topological polar surface area (TPSA) is 60.0 Å². The van der Waals surface area contributed by atoms with Crippen LogP contribution in [0, 0.1) is 0 Å². The largest absolute Gasteiger partial charge is 0.387 e. The molecule has 3 aliphatic rings. The van der Waals surface area contributed by atoms with Gasteiger partial charge < -0.3 is 24.6 Å². The second-order valence-corrected chi connectivity index (χ2v) is 6.26. The minimum Gasteiger partial charge on any atom is -0.387 e. The fraction of sp³-hybridized carbons (Fsp3) is 1.00. The molecule has 0 unspecified atom stereocenters. The molecule has 2 saturated heterocycles. The van der Waals surface area contributed by atoms with E-state index in [4.69, 9.17) is 14.2 Å². The third-order valence-electron chi connectivity index (χ3n) is 4.64. The molecule has 1 aliphatic carbocycles. The van der Waals surface area contributed by atoms with Gasteiger partial charge in [0, 0.05) is 19.4 Å². The Morgan fingerprint density at radius 1 is 1.20 bits per heavy atom. The Bertz CT molecular complexity index is 319. The predicted molar refractivity (Wildman–Crippen MR) is 74.2 cm³/mol. The minimum atomic E-state index is -0.588. The van der Waals surface area contributed by atoms with Gasteiger partial charge in [-0.2, -0.15) is 0 Å². The Labute approximate surface area is 121 Å². The average molecular weight is 285 g/mol. The quantitative estimate of drug-likeness (QED) is 0.750. The molecule has 0 bridgehead atoms. The van der Waals surface area contributed by atoms with Crippen LogP contribution < -0.4 is 5.32 Å². The maximum Gasteiger partial charge on any atom is 0.190 e. The highest BCUT2D eigenvalue weighted by Crippen LogP contribution is 2.44. The summed E-state index contributed by atoms with van der Waals surface area (Å²) in [5, 5.41) is 13.7. The van der Waals surface area contributed by atoms with Crippen molar-refractivity contribution in [3.05, 3.63) is 0 Å². The smallest absolute Gasteiger partial charge is 0.190 e. The van der Waals surface area contributed by atoms with Crippen LogP contribution in [0.3, 0.4) is 0 Å². The van der Waals surface area contributed by atoms with Crippen molar-refractivity contribution < 1.29 is 19.3 Å². The van der Waals surface area contributed by atoms with Crippen LogP contribution in [-0.4, -0.2) is 48.6 Å². The molecule has 3 fully saturated rings. The monoisotopic (exact) mass is 285 g/mol. The van der Waals surface area contributed by atoms with Crippen molar-refractivity contribution in [3.8, 4) is 0 Å². The highest BCUT2D eigenvalue weighted by atomic mass is 16.8. The molecule has 2 heterocycles. The number of hydrogen-bond acceptors (Lipinski definition) is 5. The summed E-state index contributed by atoms with van der Waals surface area (Å²) in [7, 11) is 0. The van der Waals surface area contributed by atoms with Crippen LogP contribution in [0.5, 0.6) is 0 Å². The molecule has 0 aromatic carbocycles. The van der Waals surface area contributed by atoms with Crippen molar-refractivity contribution in [2.75, 3.05) is 13.1 Å². The average Bonchev–Trinajstić information content (AvgIpc) is 2.93. The highest BCUT2D eigenvalue weighted by molar-refractivity contribution is 4.96. The molecule has 1 spiro atoms. The first-order valence-corrected chi connectivity index (χ1v) is 8.14. The molecule has 2 N–H and O–H groups in total. The van der Waals surface area contributed by atoms with Gasteiger partial charge in [0.1, 0.15) is 18.3 Å². The van der Waals surface area contributed by atoms with Gasteiger partial charge >= 0.3 is 0 Å².